The number of carbonyl (C=O) groups excluding carboxylic acids is 1. The zero-order valence-electron chi connectivity index (χ0n) is 7.04. The van der Waals surface area contributed by atoms with Gasteiger partial charge in [0, 0.05) is 6.54 Å². The van der Waals surface area contributed by atoms with Gasteiger partial charge in [0.15, 0.2) is 6.23 Å². The molecule has 0 bridgehead atoms. The molecule has 0 aliphatic carbocycles. The highest BCUT2D eigenvalue weighted by molar-refractivity contribution is 6.48. The molecule has 1 heterocycles. The number of cyclic esters (lactones) is 1. The van der Waals surface area contributed by atoms with E-state index in [0.29, 0.717) is 0 Å². The lowest BCUT2D eigenvalue weighted by Gasteiger charge is -2.14. The third-order valence-corrected chi connectivity index (χ3v) is 2.44. The molecule has 0 aromatic carbocycles. The van der Waals surface area contributed by atoms with Crippen molar-refractivity contribution in [1.29, 1.82) is 0 Å². The molecule has 1 aliphatic heterocycles. The fraction of sp³-hybridized carbons (Fsp3) is 0.571. The number of carbonyl (C=O) groups is 1. The van der Waals surface area contributed by atoms with Gasteiger partial charge in [0.25, 0.3) is 0 Å². The third kappa shape index (κ3) is 2.59. The van der Waals surface area contributed by atoms with Crippen LogP contribution in [0.5, 0.6) is 0 Å². The van der Waals surface area contributed by atoms with Gasteiger partial charge in [-0.2, -0.15) is 0 Å². The number of hydrogen-bond acceptors (Lipinski definition) is 5. The molecule has 0 fully saturated rings. The minimum atomic E-state index is -0.933. The first-order chi connectivity index (χ1) is 6.56. The topological polar surface area (TPSA) is 78.8 Å². The Bertz CT molecular complexity index is 268. The normalized spacial score (nSPS) is 24.0. The predicted molar refractivity (Wildman–Crippen MR) is 49.7 cm³/mol. The largest absolute Gasteiger partial charge is 0.437 e. The highest BCUT2D eigenvalue weighted by Crippen LogP contribution is 2.26. The molecule has 7 heteroatoms. The monoisotopic (exact) mass is 241 g/mol. The van der Waals surface area contributed by atoms with Crippen LogP contribution in [-0.4, -0.2) is 41.7 Å². The predicted octanol–water partition coefficient (Wildman–Crippen LogP) is -0.499. The van der Waals surface area contributed by atoms with Crippen molar-refractivity contribution in [3.8, 4) is 0 Å². The summed E-state index contributed by atoms with van der Waals surface area (Å²) in [5.74, 6) is -0.701. The van der Waals surface area contributed by atoms with Crippen LogP contribution in [0.15, 0.2) is 10.1 Å². The Hall–Kier alpha value is -0.330. The van der Waals surface area contributed by atoms with Crippen LogP contribution in [0.3, 0.4) is 0 Å². The average Bonchev–Trinajstić information content (AvgIpc) is 2.42. The molecular weight excluding hydrogens is 233 g/mol. The summed E-state index contributed by atoms with van der Waals surface area (Å²) in [5.41, 5.74) is 0. The lowest BCUT2D eigenvalue weighted by atomic mass is 10.3. The van der Waals surface area contributed by atoms with Crippen LogP contribution >= 0.6 is 23.2 Å². The molecule has 14 heavy (non-hydrogen) atoms. The summed E-state index contributed by atoms with van der Waals surface area (Å²) < 4.78 is 4.70. The van der Waals surface area contributed by atoms with Gasteiger partial charge >= 0.3 is 5.97 Å². The fourth-order valence-electron chi connectivity index (χ4n) is 0.862. The van der Waals surface area contributed by atoms with E-state index < -0.39 is 18.3 Å². The summed E-state index contributed by atoms with van der Waals surface area (Å²) in [4.78, 5) is 10.9. The molecule has 0 aromatic heterocycles. The van der Waals surface area contributed by atoms with E-state index in [1.165, 1.54) is 0 Å². The number of aliphatic hydroxyl groups excluding tert-OH is 2. The number of halogens is 2. The molecule has 1 rings (SSSR count). The maximum Gasteiger partial charge on any atom is 0.353 e. The Labute approximate surface area is 90.3 Å². The molecule has 3 N–H and O–H groups in total. The van der Waals surface area contributed by atoms with E-state index in [1.807, 2.05) is 0 Å². The first kappa shape index (κ1) is 11.7. The number of rotatable bonds is 4. The van der Waals surface area contributed by atoms with E-state index in [1.54, 1.807) is 0 Å². The summed E-state index contributed by atoms with van der Waals surface area (Å²) in [6.45, 7) is -0.336. The van der Waals surface area contributed by atoms with Crippen molar-refractivity contribution in [2.45, 2.75) is 12.3 Å². The molecular formula is C7H9Cl2NO4. The first-order valence-electron chi connectivity index (χ1n) is 3.84. The van der Waals surface area contributed by atoms with Crippen molar-refractivity contribution in [2.24, 2.45) is 0 Å². The van der Waals surface area contributed by atoms with E-state index >= 15 is 0 Å². The van der Waals surface area contributed by atoms with Gasteiger partial charge in [0.2, 0.25) is 0 Å². The second kappa shape index (κ2) is 4.95. The standard InChI is InChI=1S/C7H9Cl2NO4/c8-4-5(9)7(13)14-6(4)10-1-3(12)2-11/h3,6,10-12H,1-2H2. The smallest absolute Gasteiger partial charge is 0.353 e. The Morgan fingerprint density at radius 2 is 2.21 bits per heavy atom. The van der Waals surface area contributed by atoms with Gasteiger partial charge in [0.1, 0.15) is 5.03 Å². The second-order valence-electron chi connectivity index (χ2n) is 2.69. The average molecular weight is 242 g/mol. The number of esters is 1. The Morgan fingerprint density at radius 1 is 1.57 bits per heavy atom. The van der Waals surface area contributed by atoms with Gasteiger partial charge in [-0.1, -0.05) is 23.2 Å². The molecule has 0 amide bonds. The van der Waals surface area contributed by atoms with Crippen LogP contribution in [0.1, 0.15) is 0 Å². The van der Waals surface area contributed by atoms with Crippen LogP contribution in [0, 0.1) is 0 Å². The quantitative estimate of drug-likeness (QED) is 0.579. The highest BCUT2D eigenvalue weighted by atomic mass is 35.5. The van der Waals surface area contributed by atoms with E-state index in [2.05, 4.69) is 5.32 Å². The molecule has 0 radical (unpaired) electrons. The second-order valence-corrected chi connectivity index (χ2v) is 3.48. The maximum atomic E-state index is 10.9. The first-order valence-corrected chi connectivity index (χ1v) is 4.60. The van der Waals surface area contributed by atoms with Crippen molar-refractivity contribution in [3.05, 3.63) is 10.1 Å². The van der Waals surface area contributed by atoms with Gasteiger partial charge < -0.3 is 14.9 Å². The molecule has 5 nitrogen and oxygen atoms in total. The number of aliphatic hydroxyl groups is 2. The Balaban J connectivity index is 2.45. The highest BCUT2D eigenvalue weighted by Gasteiger charge is 2.31. The molecule has 0 spiro atoms. The summed E-state index contributed by atoms with van der Waals surface area (Å²) in [6.07, 6.45) is -1.77. The van der Waals surface area contributed by atoms with Gasteiger partial charge in [-0.15, -0.1) is 0 Å². The van der Waals surface area contributed by atoms with E-state index in [0.717, 1.165) is 0 Å². The number of nitrogens with one attached hydrogen (secondary N) is 1. The van der Waals surface area contributed by atoms with Crippen molar-refractivity contribution in [3.63, 3.8) is 0 Å². The minimum absolute atomic E-state index is 0.0504. The van der Waals surface area contributed by atoms with Crippen LogP contribution in [0.25, 0.3) is 0 Å². The maximum absolute atomic E-state index is 10.9. The molecule has 0 aromatic rings. The van der Waals surface area contributed by atoms with Gasteiger partial charge in [-0.25, -0.2) is 4.79 Å². The Morgan fingerprint density at radius 3 is 2.64 bits per heavy atom. The van der Waals surface area contributed by atoms with Gasteiger partial charge in [-0.3, -0.25) is 5.32 Å². The van der Waals surface area contributed by atoms with Crippen molar-refractivity contribution in [1.82, 2.24) is 5.32 Å². The Kier molecular flexibility index (Phi) is 4.15. The minimum Gasteiger partial charge on any atom is -0.437 e. The number of hydrogen-bond donors (Lipinski definition) is 3. The lowest BCUT2D eigenvalue weighted by molar-refractivity contribution is -0.140. The van der Waals surface area contributed by atoms with Crippen LogP contribution in [0.2, 0.25) is 0 Å². The summed E-state index contributed by atoms with van der Waals surface area (Å²) in [6, 6.07) is 0. The van der Waals surface area contributed by atoms with Crippen LogP contribution in [-0.2, 0) is 9.53 Å². The molecule has 0 saturated heterocycles. The van der Waals surface area contributed by atoms with Gasteiger partial charge in [-0.05, 0) is 0 Å². The van der Waals surface area contributed by atoms with E-state index in [-0.39, 0.29) is 23.2 Å². The van der Waals surface area contributed by atoms with E-state index in [9.17, 15) is 4.79 Å². The third-order valence-electron chi connectivity index (χ3n) is 1.59. The lowest BCUT2D eigenvalue weighted by Crippen LogP contribution is -2.37. The van der Waals surface area contributed by atoms with Crippen molar-refractivity contribution in [2.75, 3.05) is 13.2 Å². The summed E-state index contributed by atoms with van der Waals surface area (Å²) in [7, 11) is 0. The molecule has 80 valence electrons. The van der Waals surface area contributed by atoms with E-state index in [4.69, 9.17) is 38.2 Å². The van der Waals surface area contributed by atoms with Crippen LogP contribution < -0.4 is 5.32 Å². The molecule has 0 saturated carbocycles. The summed E-state index contributed by atoms with van der Waals surface area (Å²) in [5, 5.41) is 20.0. The van der Waals surface area contributed by atoms with Crippen molar-refractivity contribution >= 4 is 29.2 Å². The fourth-order valence-corrected chi connectivity index (χ4v) is 1.20. The zero-order chi connectivity index (χ0) is 10.7. The van der Waals surface area contributed by atoms with Crippen LogP contribution in [0.4, 0.5) is 0 Å². The SMILES string of the molecule is O=C1OC(NCC(O)CO)C(Cl)=C1Cl. The molecule has 2 unspecified atom stereocenters. The number of ether oxygens (including phenoxy) is 1. The van der Waals surface area contributed by atoms with Crippen molar-refractivity contribution < 1.29 is 19.7 Å². The van der Waals surface area contributed by atoms with Gasteiger partial charge in [0.05, 0.1) is 17.7 Å². The zero-order valence-corrected chi connectivity index (χ0v) is 8.55. The molecule has 2 atom stereocenters. The molecule has 1 aliphatic rings. The summed E-state index contributed by atoms with van der Waals surface area (Å²) >= 11 is 11.1.